The van der Waals surface area contributed by atoms with Crippen molar-refractivity contribution in [3.05, 3.63) is 64.7 Å². The van der Waals surface area contributed by atoms with E-state index in [-0.39, 0.29) is 49.0 Å². The van der Waals surface area contributed by atoms with Gasteiger partial charge in [0.15, 0.2) is 0 Å². The van der Waals surface area contributed by atoms with Gasteiger partial charge in [0.05, 0.1) is 26.4 Å². The molecular weight excluding hydrogens is 612 g/mol. The number of fused-ring (bicyclic) bond motifs is 4. The van der Waals surface area contributed by atoms with E-state index in [1.54, 1.807) is 45.9 Å². The monoisotopic (exact) mass is 655 g/mol. The summed E-state index contributed by atoms with van der Waals surface area (Å²) in [5.41, 5.74) is 3.27. The number of aromatic nitrogens is 1. The van der Waals surface area contributed by atoms with Crippen LogP contribution in [0.2, 0.25) is 0 Å². The maximum absolute atomic E-state index is 14.3. The zero-order chi connectivity index (χ0) is 32.4. The smallest absolute Gasteiger partial charge is 0.365 e. The Bertz CT molecular complexity index is 1610. The quantitative estimate of drug-likeness (QED) is 0.199. The minimum Gasteiger partial charge on any atom is -0.438 e. The number of ether oxygens (including phenoxy) is 2. The van der Waals surface area contributed by atoms with Crippen LogP contribution in [0.15, 0.2) is 42.5 Å². The highest BCUT2D eigenvalue weighted by Crippen LogP contribution is 2.65. The van der Waals surface area contributed by atoms with Gasteiger partial charge in [-0.25, -0.2) is 0 Å². The summed E-state index contributed by atoms with van der Waals surface area (Å²) in [7, 11) is -7.50. The van der Waals surface area contributed by atoms with Gasteiger partial charge in [-0.15, -0.1) is 0 Å². The van der Waals surface area contributed by atoms with E-state index in [2.05, 4.69) is 32.7 Å². The van der Waals surface area contributed by atoms with Gasteiger partial charge in [-0.3, -0.25) is 9.13 Å². The summed E-state index contributed by atoms with van der Waals surface area (Å²) in [6.45, 7) is 16.9. The summed E-state index contributed by atoms with van der Waals surface area (Å²) >= 11 is 0. The van der Waals surface area contributed by atoms with Crippen LogP contribution in [0, 0.1) is 0 Å². The zero-order valence-corrected chi connectivity index (χ0v) is 29.2. The van der Waals surface area contributed by atoms with E-state index in [9.17, 15) is 9.13 Å². The Morgan fingerprint density at radius 2 is 1.02 bits per heavy atom. The standard InChI is InChI=1S/C34H43NO8P2/c1-9-38-44(36,39-10-2)28-18-22-24-16-26(28)42-30-14-13-15-31(35-30)43-27-17-25-23(19-29(27)45(37,40-11-3)41-12-4)33(7,8)21-34(24,25)20-32(22,5)6/h13-19H,9-12,20-21H2,1-8H3. The van der Waals surface area contributed by atoms with E-state index in [1.165, 1.54) is 0 Å². The molecule has 0 saturated heterocycles. The molecule has 0 radical (unpaired) electrons. The highest BCUT2D eigenvalue weighted by molar-refractivity contribution is 7.62. The fraction of sp³-hybridized carbons (Fsp3) is 0.500. The molecule has 6 bridgehead atoms. The third-order valence-electron chi connectivity index (χ3n) is 9.09. The van der Waals surface area contributed by atoms with Crippen LogP contribution >= 0.6 is 15.2 Å². The first kappa shape index (κ1) is 32.4. The fourth-order valence-electron chi connectivity index (χ4n) is 7.70. The van der Waals surface area contributed by atoms with Crippen molar-refractivity contribution in [1.82, 2.24) is 4.98 Å². The molecule has 0 unspecified atom stereocenters. The summed E-state index contributed by atoms with van der Waals surface area (Å²) in [6, 6.07) is 13.2. The topological polar surface area (TPSA) is 102 Å². The van der Waals surface area contributed by atoms with Crippen LogP contribution in [0.1, 0.15) is 90.5 Å². The molecule has 9 nitrogen and oxygen atoms in total. The third kappa shape index (κ3) is 5.21. The van der Waals surface area contributed by atoms with E-state index >= 15 is 0 Å². The van der Waals surface area contributed by atoms with Crippen molar-refractivity contribution in [2.75, 3.05) is 26.4 Å². The highest BCUT2D eigenvalue weighted by Gasteiger charge is 2.58. The molecule has 0 amide bonds. The molecule has 1 spiro atoms. The van der Waals surface area contributed by atoms with E-state index in [0.29, 0.717) is 22.1 Å². The molecule has 2 aromatic carbocycles. The summed E-state index contributed by atoms with van der Waals surface area (Å²) in [5.74, 6) is 1.23. The van der Waals surface area contributed by atoms with Crippen molar-refractivity contribution in [1.29, 1.82) is 0 Å². The minimum absolute atomic E-state index is 0.211. The van der Waals surface area contributed by atoms with E-state index in [4.69, 9.17) is 27.6 Å². The molecule has 0 fully saturated rings. The van der Waals surface area contributed by atoms with Crippen LogP contribution in [0.25, 0.3) is 0 Å². The Kier molecular flexibility index (Phi) is 8.16. The summed E-state index contributed by atoms with van der Waals surface area (Å²) < 4.78 is 65.0. The summed E-state index contributed by atoms with van der Waals surface area (Å²) in [6.07, 6.45) is 1.58. The van der Waals surface area contributed by atoms with Crippen molar-refractivity contribution < 1.29 is 36.7 Å². The second-order valence-electron chi connectivity index (χ2n) is 13.1. The predicted octanol–water partition coefficient (Wildman–Crippen LogP) is 8.41. The molecule has 0 saturated carbocycles. The molecule has 0 N–H and O–H groups in total. The van der Waals surface area contributed by atoms with Gasteiger partial charge in [0.25, 0.3) is 0 Å². The van der Waals surface area contributed by atoms with Crippen LogP contribution in [0.4, 0.5) is 0 Å². The molecule has 3 aromatic rings. The van der Waals surface area contributed by atoms with Crippen LogP contribution < -0.4 is 20.1 Å². The molecule has 11 heteroatoms. The lowest BCUT2D eigenvalue weighted by Gasteiger charge is -2.31. The molecule has 2 heterocycles. The first-order valence-corrected chi connectivity index (χ1v) is 18.8. The molecule has 242 valence electrons. The Hall–Kier alpha value is -2.51. The van der Waals surface area contributed by atoms with E-state index in [0.717, 1.165) is 35.1 Å². The number of rotatable bonds is 10. The van der Waals surface area contributed by atoms with Crippen LogP contribution in [0.3, 0.4) is 0 Å². The van der Waals surface area contributed by atoms with Gasteiger partial charge in [0.2, 0.25) is 11.8 Å². The molecule has 0 atom stereocenters. The predicted molar refractivity (Wildman–Crippen MR) is 174 cm³/mol. The Morgan fingerprint density at radius 1 is 0.644 bits per heavy atom. The Balaban J connectivity index is 1.71. The molecule has 45 heavy (non-hydrogen) atoms. The van der Waals surface area contributed by atoms with Crippen molar-refractivity contribution in [3.8, 4) is 23.3 Å². The second-order valence-corrected chi connectivity index (χ2v) is 17.1. The maximum Gasteiger partial charge on any atom is 0.365 e. The lowest BCUT2D eigenvalue weighted by molar-refractivity contribution is 0.228. The van der Waals surface area contributed by atoms with Gasteiger partial charge in [-0.05, 0) is 97.9 Å². The number of hydrogen-bond donors (Lipinski definition) is 0. The fourth-order valence-corrected chi connectivity index (χ4v) is 11.1. The Labute approximate surface area is 266 Å². The highest BCUT2D eigenvalue weighted by atomic mass is 31.2. The summed E-state index contributed by atoms with van der Waals surface area (Å²) in [4.78, 5) is 4.63. The Morgan fingerprint density at radius 3 is 1.38 bits per heavy atom. The molecular formula is C34H43NO8P2. The lowest BCUT2D eigenvalue weighted by atomic mass is 9.72. The molecule has 3 aliphatic rings. The van der Waals surface area contributed by atoms with E-state index < -0.39 is 20.6 Å². The maximum atomic E-state index is 14.3. The molecule has 6 rings (SSSR count). The first-order valence-electron chi connectivity index (χ1n) is 15.8. The van der Waals surface area contributed by atoms with E-state index in [1.807, 2.05) is 24.3 Å². The average Bonchev–Trinajstić information content (AvgIpc) is 3.31. The van der Waals surface area contributed by atoms with Crippen LogP contribution in [0.5, 0.6) is 23.3 Å². The van der Waals surface area contributed by atoms with Gasteiger partial charge in [-0.1, -0.05) is 33.8 Å². The molecule has 2 aliphatic carbocycles. The molecule has 1 aliphatic heterocycles. The average molecular weight is 656 g/mol. The molecule has 1 aromatic heterocycles. The number of nitrogens with zero attached hydrogens (tertiary/aromatic N) is 1. The first-order chi connectivity index (χ1) is 21.3. The van der Waals surface area contributed by atoms with Crippen molar-refractivity contribution in [2.24, 2.45) is 0 Å². The van der Waals surface area contributed by atoms with Gasteiger partial charge >= 0.3 is 15.2 Å². The van der Waals surface area contributed by atoms with Crippen LogP contribution in [-0.2, 0) is 43.5 Å². The SMILES string of the molecule is CCOP(=O)(OCC)c1cc2c3cc1Oc1cccc(n1)Oc1cc4c(cc1P(=O)(OCC)OCC)C(C)(C)CC34CC2(C)C. The largest absolute Gasteiger partial charge is 0.438 e. The van der Waals surface area contributed by atoms with Crippen LogP contribution in [-0.4, -0.2) is 31.4 Å². The number of pyridine rings is 1. The van der Waals surface area contributed by atoms with Gasteiger partial charge < -0.3 is 27.6 Å². The third-order valence-corrected chi connectivity index (χ3v) is 13.4. The van der Waals surface area contributed by atoms with Gasteiger partial charge in [0.1, 0.15) is 22.1 Å². The number of benzene rings is 2. The normalized spacial score (nSPS) is 18.5. The lowest BCUT2D eigenvalue weighted by Crippen LogP contribution is -2.27. The number of hydrogen-bond acceptors (Lipinski definition) is 9. The van der Waals surface area contributed by atoms with Crippen molar-refractivity contribution >= 4 is 25.8 Å². The van der Waals surface area contributed by atoms with Gasteiger partial charge in [-0.2, -0.15) is 4.98 Å². The van der Waals surface area contributed by atoms with Gasteiger partial charge in [0, 0.05) is 17.5 Å². The van der Waals surface area contributed by atoms with Crippen molar-refractivity contribution in [3.63, 3.8) is 0 Å². The minimum atomic E-state index is -3.75. The zero-order valence-electron chi connectivity index (χ0n) is 27.4. The second kappa shape index (κ2) is 11.3. The summed E-state index contributed by atoms with van der Waals surface area (Å²) in [5, 5.41) is 0.756. The van der Waals surface area contributed by atoms with Crippen molar-refractivity contribution in [2.45, 2.75) is 84.5 Å².